The molecule has 0 aliphatic carbocycles. The van der Waals surface area contributed by atoms with E-state index in [-0.39, 0.29) is 5.91 Å². The fourth-order valence-electron chi connectivity index (χ4n) is 2.38. The molecule has 0 aromatic rings. The van der Waals surface area contributed by atoms with Gasteiger partial charge in [0.05, 0.1) is 6.54 Å². The molecule has 1 fully saturated rings. The summed E-state index contributed by atoms with van der Waals surface area (Å²) in [6.45, 7) is 10.9. The Bertz CT molecular complexity index is 218. The standard InChI is InChI=1S/C12H24N2O/c1-5-13-7-12(15)14-8-9(2)6-10(3)11(14)4/h9-11,13H,5-8H2,1-4H3. The second-order valence-electron chi connectivity index (χ2n) is 4.89. The number of piperidine rings is 1. The molecule has 88 valence electrons. The molecule has 1 N–H and O–H groups in total. The Balaban J connectivity index is 2.54. The molecule has 0 bridgehead atoms. The van der Waals surface area contributed by atoms with Gasteiger partial charge < -0.3 is 10.2 Å². The van der Waals surface area contributed by atoms with Gasteiger partial charge in [-0.1, -0.05) is 20.8 Å². The fraction of sp³-hybridized carbons (Fsp3) is 0.917. The average Bonchev–Trinajstić information content (AvgIpc) is 2.19. The Labute approximate surface area is 93.2 Å². The summed E-state index contributed by atoms with van der Waals surface area (Å²) in [6.07, 6.45) is 1.24. The first-order chi connectivity index (χ1) is 7.06. The van der Waals surface area contributed by atoms with Gasteiger partial charge in [0.25, 0.3) is 0 Å². The molecule has 0 aromatic carbocycles. The van der Waals surface area contributed by atoms with E-state index in [1.165, 1.54) is 6.42 Å². The molecule has 0 spiro atoms. The maximum atomic E-state index is 11.9. The number of rotatable bonds is 3. The first-order valence-corrected chi connectivity index (χ1v) is 6.06. The number of carbonyl (C=O) groups is 1. The van der Waals surface area contributed by atoms with E-state index in [1.54, 1.807) is 0 Å². The van der Waals surface area contributed by atoms with Crippen LogP contribution < -0.4 is 5.32 Å². The van der Waals surface area contributed by atoms with Crippen molar-refractivity contribution in [2.45, 2.75) is 40.2 Å². The highest BCUT2D eigenvalue weighted by atomic mass is 16.2. The van der Waals surface area contributed by atoms with Crippen LogP contribution in [0.25, 0.3) is 0 Å². The Morgan fingerprint density at radius 2 is 2.07 bits per heavy atom. The molecular weight excluding hydrogens is 188 g/mol. The zero-order valence-electron chi connectivity index (χ0n) is 10.4. The molecule has 3 unspecified atom stereocenters. The Morgan fingerprint density at radius 1 is 1.40 bits per heavy atom. The van der Waals surface area contributed by atoms with Gasteiger partial charge in [0.2, 0.25) is 5.91 Å². The van der Waals surface area contributed by atoms with Crippen molar-refractivity contribution in [1.29, 1.82) is 0 Å². The van der Waals surface area contributed by atoms with Crippen LogP contribution in [0.5, 0.6) is 0 Å². The maximum Gasteiger partial charge on any atom is 0.236 e. The molecule has 1 heterocycles. The minimum atomic E-state index is 0.253. The van der Waals surface area contributed by atoms with Crippen molar-refractivity contribution < 1.29 is 4.79 Å². The number of hydrogen-bond acceptors (Lipinski definition) is 2. The van der Waals surface area contributed by atoms with Crippen LogP contribution in [-0.2, 0) is 4.79 Å². The summed E-state index contributed by atoms with van der Waals surface area (Å²) in [7, 11) is 0. The highest BCUT2D eigenvalue weighted by molar-refractivity contribution is 5.78. The van der Waals surface area contributed by atoms with E-state index in [4.69, 9.17) is 0 Å². The number of nitrogens with one attached hydrogen (secondary N) is 1. The van der Waals surface area contributed by atoms with Gasteiger partial charge in [0, 0.05) is 12.6 Å². The van der Waals surface area contributed by atoms with Gasteiger partial charge in [-0.3, -0.25) is 4.79 Å². The van der Waals surface area contributed by atoms with Crippen LogP contribution in [-0.4, -0.2) is 36.5 Å². The van der Waals surface area contributed by atoms with Crippen molar-refractivity contribution in [2.24, 2.45) is 11.8 Å². The van der Waals surface area contributed by atoms with E-state index in [0.29, 0.717) is 24.4 Å². The zero-order chi connectivity index (χ0) is 11.4. The second kappa shape index (κ2) is 5.50. The van der Waals surface area contributed by atoms with Crippen LogP contribution in [0.4, 0.5) is 0 Å². The molecule has 1 rings (SSSR count). The second-order valence-corrected chi connectivity index (χ2v) is 4.89. The lowest BCUT2D eigenvalue weighted by atomic mass is 9.86. The molecule has 1 aliphatic rings. The number of likely N-dealkylation sites (N-methyl/N-ethyl adjacent to an activating group) is 1. The monoisotopic (exact) mass is 212 g/mol. The normalized spacial score (nSPS) is 31.7. The number of carbonyl (C=O) groups excluding carboxylic acids is 1. The van der Waals surface area contributed by atoms with Crippen molar-refractivity contribution in [1.82, 2.24) is 10.2 Å². The van der Waals surface area contributed by atoms with E-state index in [0.717, 1.165) is 13.1 Å². The minimum absolute atomic E-state index is 0.253. The highest BCUT2D eigenvalue weighted by Gasteiger charge is 2.31. The van der Waals surface area contributed by atoms with Crippen molar-refractivity contribution in [3.05, 3.63) is 0 Å². The molecule has 3 atom stereocenters. The number of likely N-dealkylation sites (tertiary alicyclic amines) is 1. The van der Waals surface area contributed by atoms with Crippen LogP contribution >= 0.6 is 0 Å². The van der Waals surface area contributed by atoms with Crippen LogP contribution in [0.15, 0.2) is 0 Å². The molecule has 3 nitrogen and oxygen atoms in total. The van der Waals surface area contributed by atoms with Crippen molar-refractivity contribution in [3.63, 3.8) is 0 Å². The number of amides is 1. The summed E-state index contributed by atoms with van der Waals surface area (Å²) < 4.78 is 0. The topological polar surface area (TPSA) is 32.3 Å². The van der Waals surface area contributed by atoms with Gasteiger partial charge in [0.1, 0.15) is 0 Å². The Hall–Kier alpha value is -0.570. The summed E-state index contributed by atoms with van der Waals surface area (Å²) in [6, 6.07) is 0.396. The molecule has 1 aliphatic heterocycles. The lowest BCUT2D eigenvalue weighted by molar-refractivity contribution is -0.136. The minimum Gasteiger partial charge on any atom is -0.338 e. The number of hydrogen-bond donors (Lipinski definition) is 1. The Morgan fingerprint density at radius 3 is 2.67 bits per heavy atom. The molecule has 3 heteroatoms. The first-order valence-electron chi connectivity index (χ1n) is 6.06. The third-order valence-electron chi connectivity index (χ3n) is 3.44. The van der Waals surface area contributed by atoms with Crippen molar-refractivity contribution in [3.8, 4) is 0 Å². The molecule has 15 heavy (non-hydrogen) atoms. The predicted molar refractivity (Wildman–Crippen MR) is 62.7 cm³/mol. The fourth-order valence-corrected chi connectivity index (χ4v) is 2.38. The lowest BCUT2D eigenvalue weighted by Gasteiger charge is -2.41. The predicted octanol–water partition coefficient (Wildman–Crippen LogP) is 1.49. The molecule has 1 amide bonds. The van der Waals surface area contributed by atoms with Gasteiger partial charge >= 0.3 is 0 Å². The summed E-state index contributed by atoms with van der Waals surface area (Å²) in [4.78, 5) is 14.0. The Kier molecular flexibility index (Phi) is 4.58. The zero-order valence-corrected chi connectivity index (χ0v) is 10.4. The summed E-state index contributed by atoms with van der Waals surface area (Å²) in [5, 5.41) is 3.10. The van der Waals surface area contributed by atoms with Crippen LogP contribution in [0.2, 0.25) is 0 Å². The smallest absolute Gasteiger partial charge is 0.236 e. The largest absolute Gasteiger partial charge is 0.338 e. The van der Waals surface area contributed by atoms with Crippen LogP contribution in [0.3, 0.4) is 0 Å². The molecular formula is C12H24N2O. The number of nitrogens with zero attached hydrogens (tertiary/aromatic N) is 1. The highest BCUT2D eigenvalue weighted by Crippen LogP contribution is 2.26. The summed E-state index contributed by atoms with van der Waals surface area (Å²) >= 11 is 0. The molecule has 0 aromatic heterocycles. The molecule has 0 radical (unpaired) electrons. The van der Waals surface area contributed by atoms with Crippen molar-refractivity contribution >= 4 is 5.91 Å². The SMILES string of the molecule is CCNCC(=O)N1CC(C)CC(C)C1C. The van der Waals surface area contributed by atoms with E-state index in [2.05, 4.69) is 26.1 Å². The van der Waals surface area contributed by atoms with E-state index >= 15 is 0 Å². The van der Waals surface area contributed by atoms with Crippen molar-refractivity contribution in [2.75, 3.05) is 19.6 Å². The third kappa shape index (κ3) is 3.20. The third-order valence-corrected chi connectivity index (χ3v) is 3.44. The van der Waals surface area contributed by atoms with E-state index in [9.17, 15) is 4.79 Å². The quantitative estimate of drug-likeness (QED) is 0.768. The van der Waals surface area contributed by atoms with Crippen LogP contribution in [0.1, 0.15) is 34.1 Å². The summed E-state index contributed by atoms with van der Waals surface area (Å²) in [5.41, 5.74) is 0. The molecule has 1 saturated heterocycles. The molecule has 0 saturated carbocycles. The maximum absolute atomic E-state index is 11.9. The lowest BCUT2D eigenvalue weighted by Crippen LogP contribution is -2.51. The van der Waals surface area contributed by atoms with E-state index in [1.807, 2.05) is 11.8 Å². The van der Waals surface area contributed by atoms with Crippen LogP contribution in [0, 0.1) is 11.8 Å². The average molecular weight is 212 g/mol. The first kappa shape index (κ1) is 12.5. The van der Waals surface area contributed by atoms with E-state index < -0.39 is 0 Å². The van der Waals surface area contributed by atoms with Gasteiger partial charge in [-0.15, -0.1) is 0 Å². The van der Waals surface area contributed by atoms with Gasteiger partial charge in [0.15, 0.2) is 0 Å². The van der Waals surface area contributed by atoms with Gasteiger partial charge in [-0.05, 0) is 31.7 Å². The van der Waals surface area contributed by atoms with Gasteiger partial charge in [-0.25, -0.2) is 0 Å². The van der Waals surface area contributed by atoms with Gasteiger partial charge in [-0.2, -0.15) is 0 Å². The summed E-state index contributed by atoms with van der Waals surface area (Å²) in [5.74, 6) is 1.52.